The first-order valence-corrected chi connectivity index (χ1v) is 9.11. The van der Waals surface area contributed by atoms with Crippen LogP contribution in [-0.4, -0.2) is 28.6 Å². The second kappa shape index (κ2) is 10.7. The van der Waals surface area contributed by atoms with Crippen molar-refractivity contribution in [1.82, 2.24) is 4.98 Å². The highest BCUT2D eigenvalue weighted by atomic mass is 19.3. The van der Waals surface area contributed by atoms with Crippen LogP contribution in [0.5, 0.6) is 5.75 Å². The van der Waals surface area contributed by atoms with Gasteiger partial charge in [0.1, 0.15) is 12.4 Å². The van der Waals surface area contributed by atoms with E-state index in [0.29, 0.717) is 24.2 Å². The molecule has 0 aliphatic heterocycles. The van der Waals surface area contributed by atoms with Gasteiger partial charge in [0.05, 0.1) is 11.7 Å². The molecule has 4 nitrogen and oxygen atoms in total. The lowest BCUT2D eigenvalue weighted by atomic mass is 9.80. The zero-order valence-corrected chi connectivity index (χ0v) is 16.0. The zero-order chi connectivity index (χ0) is 20.5. The van der Waals surface area contributed by atoms with Crippen LogP contribution in [-0.2, 0) is 6.61 Å². The third kappa shape index (κ3) is 6.90. The highest BCUT2D eigenvalue weighted by molar-refractivity contribution is 6.58. The van der Waals surface area contributed by atoms with Crippen LogP contribution in [0.1, 0.15) is 30.9 Å². The predicted molar refractivity (Wildman–Crippen MR) is 108 cm³/mol. The Morgan fingerprint density at radius 1 is 1.07 bits per heavy atom. The number of halogens is 2. The molecule has 28 heavy (non-hydrogen) atoms. The van der Waals surface area contributed by atoms with Crippen molar-refractivity contribution in [2.75, 3.05) is 0 Å². The molecule has 2 N–H and O–H groups in total. The van der Waals surface area contributed by atoms with Gasteiger partial charge in [0.25, 0.3) is 0 Å². The van der Waals surface area contributed by atoms with Gasteiger partial charge < -0.3 is 14.8 Å². The van der Waals surface area contributed by atoms with Gasteiger partial charge in [0.2, 0.25) is 6.43 Å². The Labute approximate surface area is 164 Å². The maximum atomic E-state index is 11.0. The minimum atomic E-state index is -2.10. The lowest BCUT2D eigenvalue weighted by Crippen LogP contribution is -2.29. The van der Waals surface area contributed by atoms with E-state index >= 15 is 0 Å². The van der Waals surface area contributed by atoms with Crippen LogP contribution in [0.3, 0.4) is 0 Å². The van der Waals surface area contributed by atoms with Crippen LogP contribution in [0.25, 0.3) is 10.9 Å². The molecule has 1 heterocycles. The molecule has 0 aliphatic rings. The van der Waals surface area contributed by atoms with Gasteiger partial charge in [-0.1, -0.05) is 49.7 Å². The number of hydrogen-bond acceptors (Lipinski definition) is 4. The summed E-state index contributed by atoms with van der Waals surface area (Å²) in [6.07, 6.45) is 0.237. The van der Waals surface area contributed by atoms with E-state index in [2.05, 4.69) is 4.98 Å². The van der Waals surface area contributed by atoms with Crippen molar-refractivity contribution in [3.05, 3.63) is 65.9 Å². The number of aromatic nitrogens is 1. The van der Waals surface area contributed by atoms with Gasteiger partial charge in [-0.3, -0.25) is 4.98 Å². The number of ether oxygens (including phenoxy) is 1. The normalized spacial score (nSPS) is 10.5. The molecule has 1 aromatic heterocycles. The molecule has 0 spiro atoms. The average Bonchev–Trinajstić information content (AvgIpc) is 2.67. The minimum Gasteiger partial charge on any atom is -0.487 e. The van der Waals surface area contributed by atoms with E-state index in [-0.39, 0.29) is 6.42 Å². The van der Waals surface area contributed by atoms with Gasteiger partial charge in [0.15, 0.2) is 0 Å². The van der Waals surface area contributed by atoms with Gasteiger partial charge in [0, 0.05) is 11.8 Å². The Hall–Kier alpha value is -2.51. The van der Waals surface area contributed by atoms with Crippen molar-refractivity contribution in [2.24, 2.45) is 0 Å². The summed E-state index contributed by atoms with van der Waals surface area (Å²) >= 11 is 0. The molecule has 3 aromatic rings. The number of benzene rings is 2. The topological polar surface area (TPSA) is 62.6 Å². The van der Waals surface area contributed by atoms with Crippen molar-refractivity contribution in [3.8, 4) is 5.75 Å². The maximum Gasteiger partial charge on any atom is 0.488 e. The molecule has 0 aliphatic carbocycles. The molecule has 0 saturated heterocycles. The molecule has 0 saturated carbocycles. The van der Waals surface area contributed by atoms with Gasteiger partial charge in [-0.05, 0) is 35.6 Å². The van der Waals surface area contributed by atoms with Gasteiger partial charge in [-0.25, -0.2) is 8.78 Å². The summed E-state index contributed by atoms with van der Waals surface area (Å²) in [5.41, 5.74) is 3.55. The van der Waals surface area contributed by atoms with Crippen molar-refractivity contribution >= 4 is 23.5 Å². The highest BCUT2D eigenvalue weighted by Gasteiger charge is 2.09. The molecule has 2 aromatic carbocycles. The largest absolute Gasteiger partial charge is 0.488 e. The lowest BCUT2D eigenvalue weighted by molar-refractivity contribution is 0.136. The molecule has 0 unspecified atom stereocenters. The van der Waals surface area contributed by atoms with E-state index in [4.69, 9.17) is 14.8 Å². The fourth-order valence-corrected chi connectivity index (χ4v) is 2.46. The fourth-order valence-electron chi connectivity index (χ4n) is 2.46. The Morgan fingerprint density at radius 3 is 2.36 bits per heavy atom. The summed E-state index contributed by atoms with van der Waals surface area (Å²) in [5, 5.41) is 19.2. The summed E-state index contributed by atoms with van der Waals surface area (Å²) < 4.78 is 27.8. The average molecular weight is 387 g/mol. The number of pyridine rings is 1. The quantitative estimate of drug-likeness (QED) is 0.631. The first-order chi connectivity index (χ1) is 13.4. The molecular weight excluding hydrogens is 363 g/mol. The van der Waals surface area contributed by atoms with Crippen molar-refractivity contribution in [3.63, 3.8) is 0 Å². The second-order valence-corrected chi connectivity index (χ2v) is 6.45. The summed E-state index contributed by atoms with van der Waals surface area (Å²) in [6.45, 7) is 4.19. The number of alkyl halides is 2. The van der Waals surface area contributed by atoms with Crippen LogP contribution in [0, 0.1) is 6.92 Å². The first kappa shape index (κ1) is 21.8. The number of hydrogen-bond donors (Lipinski definition) is 2. The van der Waals surface area contributed by atoms with Gasteiger partial charge in [-0.2, -0.15) is 0 Å². The number of rotatable bonds is 6. The Kier molecular flexibility index (Phi) is 8.35. The lowest BCUT2D eigenvalue weighted by Gasteiger charge is -2.08. The smallest absolute Gasteiger partial charge is 0.487 e. The predicted octanol–water partition coefficient (Wildman–Crippen LogP) is 3.85. The SMILES string of the molecule is CCCC(F)F.Cc1ccc2cc(OCc3ccc(B(O)O)cc3)cnc2c1. The van der Waals surface area contributed by atoms with Crippen LogP contribution in [0.15, 0.2) is 54.7 Å². The van der Waals surface area contributed by atoms with Gasteiger partial charge in [-0.15, -0.1) is 0 Å². The monoisotopic (exact) mass is 387 g/mol. The summed E-state index contributed by atoms with van der Waals surface area (Å²) in [5.74, 6) is 0.711. The molecule has 0 atom stereocenters. The summed E-state index contributed by atoms with van der Waals surface area (Å²) in [7, 11) is -1.44. The van der Waals surface area contributed by atoms with Gasteiger partial charge >= 0.3 is 7.12 Å². The van der Waals surface area contributed by atoms with E-state index < -0.39 is 13.5 Å². The summed E-state index contributed by atoms with van der Waals surface area (Å²) in [6, 6.07) is 15.1. The third-order valence-corrected chi connectivity index (χ3v) is 4.00. The molecule has 0 amide bonds. The van der Waals surface area contributed by atoms with Crippen LogP contribution in [0.2, 0.25) is 0 Å². The fraction of sp³-hybridized carbons (Fsp3) is 0.286. The molecule has 7 heteroatoms. The van der Waals surface area contributed by atoms with E-state index in [0.717, 1.165) is 16.5 Å². The molecular formula is C21H24BF2NO3. The third-order valence-electron chi connectivity index (χ3n) is 4.00. The highest BCUT2D eigenvalue weighted by Crippen LogP contribution is 2.20. The summed E-state index contributed by atoms with van der Waals surface area (Å²) in [4.78, 5) is 4.40. The van der Waals surface area contributed by atoms with Crippen LogP contribution >= 0.6 is 0 Å². The molecule has 0 fully saturated rings. The van der Waals surface area contributed by atoms with E-state index in [1.54, 1.807) is 25.3 Å². The Morgan fingerprint density at radius 2 is 1.79 bits per heavy atom. The standard InChI is InChI=1S/C17H16BNO3.C4H8F2/c1-12-2-5-14-9-16(10-19-17(14)8-12)22-11-13-3-6-15(7-4-13)18(20)21;1-2-3-4(5)6/h2-10,20-21H,11H2,1H3;4H,2-3H2,1H3. The molecule has 3 rings (SSSR count). The number of fused-ring (bicyclic) bond motifs is 1. The van der Waals surface area contributed by atoms with Crippen molar-refractivity contribution in [1.29, 1.82) is 0 Å². The molecule has 148 valence electrons. The molecule has 0 bridgehead atoms. The minimum absolute atomic E-state index is 0.0417. The number of aryl methyl sites for hydroxylation is 1. The molecule has 0 radical (unpaired) electrons. The van der Waals surface area contributed by atoms with Crippen LogP contribution < -0.4 is 10.2 Å². The Bertz CT molecular complexity index is 873. The van der Waals surface area contributed by atoms with E-state index in [1.165, 1.54) is 5.56 Å². The second-order valence-electron chi connectivity index (χ2n) is 6.45. The first-order valence-electron chi connectivity index (χ1n) is 9.11. The van der Waals surface area contributed by atoms with Crippen molar-refractivity contribution < 1.29 is 23.6 Å². The number of nitrogens with zero attached hydrogens (tertiary/aromatic N) is 1. The van der Waals surface area contributed by atoms with E-state index in [9.17, 15) is 8.78 Å². The van der Waals surface area contributed by atoms with Crippen LogP contribution in [0.4, 0.5) is 8.78 Å². The van der Waals surface area contributed by atoms with Crippen molar-refractivity contribution in [2.45, 2.75) is 39.7 Å². The zero-order valence-electron chi connectivity index (χ0n) is 16.0. The Balaban J connectivity index is 0.000000409. The van der Waals surface area contributed by atoms with E-state index in [1.807, 2.05) is 43.3 Å². The maximum absolute atomic E-state index is 11.0.